The van der Waals surface area contributed by atoms with Crippen molar-refractivity contribution in [3.05, 3.63) is 23.5 Å². The summed E-state index contributed by atoms with van der Waals surface area (Å²) < 4.78 is 0. The molecular formula is C10H18N2. The average molecular weight is 166 g/mol. The molecule has 0 bridgehead atoms. The van der Waals surface area contributed by atoms with E-state index in [-0.39, 0.29) is 5.41 Å². The van der Waals surface area contributed by atoms with Gasteiger partial charge in [-0.25, -0.2) is 4.99 Å². The number of aliphatic imine (C=N–C) groups is 1. The third-order valence-corrected chi connectivity index (χ3v) is 1.59. The van der Waals surface area contributed by atoms with Gasteiger partial charge in [-0.3, -0.25) is 0 Å². The van der Waals surface area contributed by atoms with E-state index >= 15 is 0 Å². The van der Waals surface area contributed by atoms with Crippen LogP contribution in [0.4, 0.5) is 0 Å². The van der Waals surface area contributed by atoms with Crippen LogP contribution in [0.25, 0.3) is 0 Å². The minimum atomic E-state index is 0.0256. The van der Waals surface area contributed by atoms with E-state index in [0.29, 0.717) is 5.82 Å². The first kappa shape index (κ1) is 11.0. The van der Waals surface area contributed by atoms with Crippen LogP contribution in [0.2, 0.25) is 0 Å². The van der Waals surface area contributed by atoms with Gasteiger partial charge >= 0.3 is 0 Å². The molecule has 12 heavy (non-hydrogen) atoms. The lowest BCUT2D eigenvalue weighted by Gasteiger charge is -2.20. The molecule has 0 spiro atoms. The Bertz CT molecular complexity index is 216. The van der Waals surface area contributed by atoms with Crippen LogP contribution in [-0.4, -0.2) is 6.72 Å². The average Bonchev–Trinajstić information content (AvgIpc) is 1.96. The van der Waals surface area contributed by atoms with Crippen LogP contribution in [0.15, 0.2) is 28.5 Å². The zero-order valence-electron chi connectivity index (χ0n) is 8.39. The molecule has 0 amide bonds. The first-order valence-corrected chi connectivity index (χ1v) is 4.03. The molecule has 0 aromatic heterocycles. The highest BCUT2D eigenvalue weighted by Crippen LogP contribution is 2.27. The van der Waals surface area contributed by atoms with Gasteiger partial charge in [0.15, 0.2) is 0 Å². The lowest BCUT2D eigenvalue weighted by molar-refractivity contribution is 0.510. The maximum Gasteiger partial charge on any atom is 0.126 e. The number of rotatable bonds is 2. The van der Waals surface area contributed by atoms with Gasteiger partial charge in [0.2, 0.25) is 0 Å². The second-order valence-electron chi connectivity index (χ2n) is 3.71. The van der Waals surface area contributed by atoms with Crippen molar-refractivity contribution in [2.75, 3.05) is 0 Å². The lowest BCUT2D eigenvalue weighted by Crippen LogP contribution is -2.13. The molecule has 0 rings (SSSR count). The van der Waals surface area contributed by atoms with Crippen molar-refractivity contribution in [3.63, 3.8) is 0 Å². The standard InChI is InChI=1S/C10H18N2/c1-6-7-8(9(11)12-5)10(2,3)4/h6-7H,5,11H2,1-4H3/b7-6-,9-8+. The fourth-order valence-electron chi connectivity index (χ4n) is 0.971. The Morgan fingerprint density at radius 3 is 2.17 bits per heavy atom. The van der Waals surface area contributed by atoms with Gasteiger partial charge in [-0.15, -0.1) is 0 Å². The van der Waals surface area contributed by atoms with Gasteiger partial charge in [0.05, 0.1) is 0 Å². The molecule has 2 N–H and O–H groups in total. The fourth-order valence-corrected chi connectivity index (χ4v) is 0.971. The highest BCUT2D eigenvalue weighted by Gasteiger charge is 2.17. The molecule has 0 heterocycles. The number of allylic oxidation sites excluding steroid dienone is 3. The Kier molecular flexibility index (Phi) is 3.74. The predicted octanol–water partition coefficient (Wildman–Crippen LogP) is 2.48. The van der Waals surface area contributed by atoms with Crippen molar-refractivity contribution < 1.29 is 0 Å². The lowest BCUT2D eigenvalue weighted by atomic mass is 9.86. The number of hydrogen-bond acceptors (Lipinski definition) is 2. The quantitative estimate of drug-likeness (QED) is 0.496. The molecule has 0 aliphatic heterocycles. The minimum Gasteiger partial charge on any atom is -0.383 e. The third-order valence-electron chi connectivity index (χ3n) is 1.59. The van der Waals surface area contributed by atoms with Crippen molar-refractivity contribution in [1.29, 1.82) is 0 Å². The molecular weight excluding hydrogens is 148 g/mol. The molecule has 2 nitrogen and oxygen atoms in total. The fraction of sp³-hybridized carbons (Fsp3) is 0.500. The first-order chi connectivity index (χ1) is 5.43. The van der Waals surface area contributed by atoms with Crippen molar-refractivity contribution in [3.8, 4) is 0 Å². The molecule has 68 valence electrons. The van der Waals surface area contributed by atoms with Gasteiger partial charge in [-0.05, 0) is 24.6 Å². The normalized spacial score (nSPS) is 14.7. The smallest absolute Gasteiger partial charge is 0.126 e. The van der Waals surface area contributed by atoms with Crippen LogP contribution < -0.4 is 5.73 Å². The first-order valence-electron chi connectivity index (χ1n) is 4.03. The van der Waals surface area contributed by atoms with Crippen molar-refractivity contribution >= 4 is 6.72 Å². The second kappa shape index (κ2) is 4.10. The van der Waals surface area contributed by atoms with Gasteiger partial charge < -0.3 is 5.73 Å². The molecule has 0 saturated carbocycles. The van der Waals surface area contributed by atoms with Crippen LogP contribution in [0.5, 0.6) is 0 Å². The van der Waals surface area contributed by atoms with Crippen LogP contribution in [0.1, 0.15) is 27.7 Å². The molecule has 0 aromatic rings. The van der Waals surface area contributed by atoms with Crippen molar-refractivity contribution in [1.82, 2.24) is 0 Å². The molecule has 0 unspecified atom stereocenters. The van der Waals surface area contributed by atoms with Gasteiger partial charge in [-0.1, -0.05) is 32.9 Å². The maximum absolute atomic E-state index is 5.69. The van der Waals surface area contributed by atoms with Gasteiger partial charge in [0.1, 0.15) is 5.82 Å². The topological polar surface area (TPSA) is 38.4 Å². The van der Waals surface area contributed by atoms with E-state index in [0.717, 1.165) is 5.57 Å². The minimum absolute atomic E-state index is 0.0256. The van der Waals surface area contributed by atoms with Crippen molar-refractivity contribution in [2.24, 2.45) is 16.1 Å². The van der Waals surface area contributed by atoms with E-state index in [1.165, 1.54) is 0 Å². The highest BCUT2D eigenvalue weighted by atomic mass is 14.9. The summed E-state index contributed by atoms with van der Waals surface area (Å²) in [6, 6.07) is 0. The van der Waals surface area contributed by atoms with E-state index in [9.17, 15) is 0 Å². The molecule has 0 aliphatic rings. The third kappa shape index (κ3) is 2.91. The highest BCUT2D eigenvalue weighted by molar-refractivity contribution is 5.35. The van der Waals surface area contributed by atoms with Gasteiger partial charge in [-0.2, -0.15) is 0 Å². The second-order valence-corrected chi connectivity index (χ2v) is 3.71. The molecule has 2 heteroatoms. The monoisotopic (exact) mass is 166 g/mol. The number of nitrogens with two attached hydrogens (primary N) is 1. The Hall–Kier alpha value is -1.05. The Labute approximate surface area is 74.9 Å². The van der Waals surface area contributed by atoms with Gasteiger partial charge in [0.25, 0.3) is 0 Å². The number of nitrogens with zero attached hydrogens (tertiary/aromatic N) is 1. The van der Waals surface area contributed by atoms with Crippen LogP contribution >= 0.6 is 0 Å². The summed E-state index contributed by atoms with van der Waals surface area (Å²) in [4.78, 5) is 3.73. The zero-order chi connectivity index (χ0) is 9.78. The summed E-state index contributed by atoms with van der Waals surface area (Å²) >= 11 is 0. The zero-order valence-corrected chi connectivity index (χ0v) is 8.39. The molecule has 0 saturated heterocycles. The van der Waals surface area contributed by atoms with Crippen LogP contribution in [0.3, 0.4) is 0 Å². The Balaban J connectivity index is 5.05. The van der Waals surface area contributed by atoms with E-state index in [2.05, 4.69) is 32.5 Å². The Morgan fingerprint density at radius 2 is 1.92 bits per heavy atom. The van der Waals surface area contributed by atoms with Crippen LogP contribution in [0, 0.1) is 5.41 Å². The summed E-state index contributed by atoms with van der Waals surface area (Å²) in [5.74, 6) is 0.514. The molecule has 0 atom stereocenters. The summed E-state index contributed by atoms with van der Waals surface area (Å²) in [5.41, 5.74) is 6.74. The van der Waals surface area contributed by atoms with Crippen LogP contribution in [-0.2, 0) is 0 Å². The Morgan fingerprint density at radius 1 is 1.42 bits per heavy atom. The predicted molar refractivity (Wildman–Crippen MR) is 55.0 cm³/mol. The van der Waals surface area contributed by atoms with E-state index < -0.39 is 0 Å². The summed E-state index contributed by atoms with van der Waals surface area (Å²) in [5, 5.41) is 0. The van der Waals surface area contributed by atoms with Crippen molar-refractivity contribution in [2.45, 2.75) is 27.7 Å². The van der Waals surface area contributed by atoms with E-state index in [1.54, 1.807) is 0 Å². The number of hydrogen-bond donors (Lipinski definition) is 1. The summed E-state index contributed by atoms with van der Waals surface area (Å²) in [7, 11) is 0. The molecule has 0 radical (unpaired) electrons. The molecule has 0 aromatic carbocycles. The summed E-state index contributed by atoms with van der Waals surface area (Å²) in [6.07, 6.45) is 3.93. The molecule has 0 aliphatic carbocycles. The largest absolute Gasteiger partial charge is 0.383 e. The maximum atomic E-state index is 5.69. The molecule has 0 fully saturated rings. The van der Waals surface area contributed by atoms with E-state index in [1.807, 2.05) is 19.1 Å². The SMILES string of the molecule is C=N/C(N)=C(\C=C/C)C(C)(C)C. The van der Waals surface area contributed by atoms with Gasteiger partial charge in [0, 0.05) is 0 Å². The summed E-state index contributed by atoms with van der Waals surface area (Å²) in [6.45, 7) is 11.7. The van der Waals surface area contributed by atoms with E-state index in [4.69, 9.17) is 5.73 Å².